The molecular weight excluding hydrogens is 182 g/mol. The normalized spacial score (nSPS) is 10.4. The van der Waals surface area contributed by atoms with Gasteiger partial charge in [0.25, 0.3) is 0 Å². The van der Waals surface area contributed by atoms with Crippen molar-refractivity contribution in [3.63, 3.8) is 0 Å². The van der Waals surface area contributed by atoms with Crippen molar-refractivity contribution in [2.45, 2.75) is 24.0 Å². The Hall–Kier alpha value is -1.03. The number of rotatable bonds is 3. The van der Waals surface area contributed by atoms with E-state index in [1.165, 1.54) is 0 Å². The second kappa shape index (κ2) is 4.28. The van der Waals surface area contributed by atoms with Crippen LogP contribution in [0.25, 0.3) is 0 Å². The number of nitrogens with zero attached hydrogens (tertiary/aromatic N) is 1. The molecule has 0 spiro atoms. The van der Waals surface area contributed by atoms with Gasteiger partial charge in [-0.15, -0.1) is 11.8 Å². The van der Waals surface area contributed by atoms with Gasteiger partial charge in [0.15, 0.2) is 0 Å². The molecule has 0 aliphatic carbocycles. The maximum atomic E-state index is 7.22. The third-order valence-electron chi connectivity index (χ3n) is 1.38. The SMILES string of the molecule is CC(C)Sc1ccnc(C(=N)N)c1. The second-order valence-corrected chi connectivity index (χ2v) is 4.61. The molecule has 0 unspecified atom stereocenters. The highest BCUT2D eigenvalue weighted by atomic mass is 32.2. The van der Waals surface area contributed by atoms with Crippen LogP contribution < -0.4 is 5.73 Å². The van der Waals surface area contributed by atoms with E-state index in [1.54, 1.807) is 18.0 Å². The van der Waals surface area contributed by atoms with Gasteiger partial charge in [0.1, 0.15) is 11.5 Å². The van der Waals surface area contributed by atoms with Crippen LogP contribution in [0.5, 0.6) is 0 Å². The molecule has 0 aliphatic rings. The van der Waals surface area contributed by atoms with Gasteiger partial charge in [-0.2, -0.15) is 0 Å². The molecule has 1 rings (SSSR count). The minimum absolute atomic E-state index is 0.0196. The molecule has 0 amide bonds. The van der Waals surface area contributed by atoms with E-state index in [2.05, 4.69) is 18.8 Å². The summed E-state index contributed by atoms with van der Waals surface area (Å²) in [5.41, 5.74) is 5.87. The molecule has 0 atom stereocenters. The van der Waals surface area contributed by atoms with E-state index in [0.29, 0.717) is 10.9 Å². The van der Waals surface area contributed by atoms with E-state index in [9.17, 15) is 0 Å². The molecule has 13 heavy (non-hydrogen) atoms. The lowest BCUT2D eigenvalue weighted by Crippen LogP contribution is -2.12. The van der Waals surface area contributed by atoms with Crippen LogP contribution in [-0.2, 0) is 0 Å². The monoisotopic (exact) mass is 195 g/mol. The highest BCUT2D eigenvalue weighted by Crippen LogP contribution is 2.22. The lowest BCUT2D eigenvalue weighted by atomic mass is 10.3. The van der Waals surface area contributed by atoms with Crippen molar-refractivity contribution in [2.24, 2.45) is 5.73 Å². The van der Waals surface area contributed by atoms with Crippen molar-refractivity contribution >= 4 is 17.6 Å². The van der Waals surface area contributed by atoms with Crippen LogP contribution in [0, 0.1) is 5.41 Å². The van der Waals surface area contributed by atoms with E-state index in [4.69, 9.17) is 11.1 Å². The van der Waals surface area contributed by atoms with Gasteiger partial charge in [-0.05, 0) is 12.1 Å². The average Bonchev–Trinajstić information content (AvgIpc) is 2.03. The van der Waals surface area contributed by atoms with E-state index in [1.807, 2.05) is 12.1 Å². The molecule has 1 aromatic heterocycles. The predicted octanol–water partition coefficient (Wildman–Crippen LogP) is 1.87. The highest BCUT2D eigenvalue weighted by molar-refractivity contribution is 7.99. The Bertz CT molecular complexity index is 309. The lowest BCUT2D eigenvalue weighted by Gasteiger charge is -2.05. The first kappa shape index (κ1) is 10.1. The van der Waals surface area contributed by atoms with Gasteiger partial charge in [0, 0.05) is 16.3 Å². The number of thioether (sulfide) groups is 1. The fourth-order valence-electron chi connectivity index (χ4n) is 0.904. The first-order chi connectivity index (χ1) is 6.09. The summed E-state index contributed by atoms with van der Waals surface area (Å²) in [4.78, 5) is 5.09. The number of aromatic nitrogens is 1. The van der Waals surface area contributed by atoms with E-state index in [-0.39, 0.29) is 5.84 Å². The lowest BCUT2D eigenvalue weighted by molar-refractivity contribution is 1.10. The topological polar surface area (TPSA) is 62.8 Å². The fraction of sp³-hybridized carbons (Fsp3) is 0.333. The molecule has 0 bridgehead atoms. The van der Waals surface area contributed by atoms with Gasteiger partial charge in [-0.1, -0.05) is 13.8 Å². The first-order valence-corrected chi connectivity index (χ1v) is 4.94. The van der Waals surface area contributed by atoms with Gasteiger partial charge in [0.2, 0.25) is 0 Å². The van der Waals surface area contributed by atoms with E-state index >= 15 is 0 Å². The molecule has 3 N–H and O–H groups in total. The minimum atomic E-state index is 0.0196. The van der Waals surface area contributed by atoms with Crippen molar-refractivity contribution in [1.29, 1.82) is 5.41 Å². The number of nitrogens with one attached hydrogen (secondary N) is 1. The summed E-state index contributed by atoms with van der Waals surface area (Å²) < 4.78 is 0. The van der Waals surface area contributed by atoms with Gasteiger partial charge in [-0.25, -0.2) is 0 Å². The maximum absolute atomic E-state index is 7.22. The zero-order valence-electron chi connectivity index (χ0n) is 7.74. The van der Waals surface area contributed by atoms with Crippen LogP contribution in [0.1, 0.15) is 19.5 Å². The summed E-state index contributed by atoms with van der Waals surface area (Å²) in [6, 6.07) is 3.77. The second-order valence-electron chi connectivity index (χ2n) is 2.96. The summed E-state index contributed by atoms with van der Waals surface area (Å²) in [6.45, 7) is 4.25. The number of pyridine rings is 1. The Morgan fingerprint density at radius 3 is 2.85 bits per heavy atom. The molecular formula is C9H13N3S. The van der Waals surface area contributed by atoms with Crippen LogP contribution in [-0.4, -0.2) is 16.1 Å². The van der Waals surface area contributed by atoms with Crippen LogP contribution in [0.15, 0.2) is 23.2 Å². The zero-order valence-corrected chi connectivity index (χ0v) is 8.56. The van der Waals surface area contributed by atoms with Crippen molar-refractivity contribution in [3.8, 4) is 0 Å². The molecule has 0 aliphatic heterocycles. The third-order valence-corrected chi connectivity index (χ3v) is 2.38. The van der Waals surface area contributed by atoms with Crippen molar-refractivity contribution in [3.05, 3.63) is 24.0 Å². The van der Waals surface area contributed by atoms with Gasteiger partial charge in [-0.3, -0.25) is 10.4 Å². The highest BCUT2D eigenvalue weighted by Gasteiger charge is 2.02. The standard InChI is InChI=1S/C9H13N3S/c1-6(2)13-7-3-4-12-8(5-7)9(10)11/h3-6H,1-2H3,(H3,10,11). The smallest absolute Gasteiger partial charge is 0.141 e. The number of hydrogen-bond donors (Lipinski definition) is 2. The number of nitrogen functional groups attached to an aromatic ring is 1. The van der Waals surface area contributed by atoms with Crippen LogP contribution in [0.3, 0.4) is 0 Å². The molecule has 70 valence electrons. The number of hydrogen-bond acceptors (Lipinski definition) is 3. The zero-order chi connectivity index (χ0) is 9.84. The Kier molecular flexibility index (Phi) is 3.31. The molecule has 3 nitrogen and oxygen atoms in total. The van der Waals surface area contributed by atoms with Gasteiger partial charge < -0.3 is 5.73 Å². The summed E-state index contributed by atoms with van der Waals surface area (Å²) >= 11 is 1.74. The van der Waals surface area contributed by atoms with E-state index < -0.39 is 0 Å². The number of amidine groups is 1. The van der Waals surface area contributed by atoms with Crippen LogP contribution >= 0.6 is 11.8 Å². The molecule has 1 aromatic rings. The molecule has 1 heterocycles. The Morgan fingerprint density at radius 2 is 2.31 bits per heavy atom. The van der Waals surface area contributed by atoms with Gasteiger partial charge in [0.05, 0.1) is 0 Å². The van der Waals surface area contributed by atoms with Gasteiger partial charge >= 0.3 is 0 Å². The van der Waals surface area contributed by atoms with Crippen LogP contribution in [0.4, 0.5) is 0 Å². The number of nitrogens with two attached hydrogens (primary N) is 1. The molecule has 0 fully saturated rings. The largest absolute Gasteiger partial charge is 0.382 e. The van der Waals surface area contributed by atoms with Crippen LogP contribution in [0.2, 0.25) is 0 Å². The van der Waals surface area contributed by atoms with E-state index in [0.717, 1.165) is 4.90 Å². The summed E-state index contributed by atoms with van der Waals surface area (Å²) in [5.74, 6) is 0.0196. The summed E-state index contributed by atoms with van der Waals surface area (Å²) in [6.07, 6.45) is 1.68. The summed E-state index contributed by atoms with van der Waals surface area (Å²) in [5, 5.41) is 7.75. The molecule has 0 saturated heterocycles. The fourth-order valence-corrected chi connectivity index (χ4v) is 1.77. The van der Waals surface area contributed by atoms with Crippen molar-refractivity contribution in [2.75, 3.05) is 0 Å². The predicted molar refractivity (Wildman–Crippen MR) is 56.2 cm³/mol. The molecule has 0 radical (unpaired) electrons. The van der Waals surface area contributed by atoms with Crippen molar-refractivity contribution < 1.29 is 0 Å². The first-order valence-electron chi connectivity index (χ1n) is 4.06. The Morgan fingerprint density at radius 1 is 1.62 bits per heavy atom. The Labute approximate surface area is 82.3 Å². The third kappa shape index (κ3) is 3.06. The minimum Gasteiger partial charge on any atom is -0.382 e. The maximum Gasteiger partial charge on any atom is 0.141 e. The average molecular weight is 195 g/mol. The van der Waals surface area contributed by atoms with Crippen molar-refractivity contribution in [1.82, 2.24) is 4.98 Å². The summed E-state index contributed by atoms with van der Waals surface area (Å²) in [7, 11) is 0. The Balaban J connectivity index is 2.85. The molecule has 0 saturated carbocycles. The molecule has 4 heteroatoms. The quantitative estimate of drug-likeness (QED) is 0.439. The molecule has 0 aromatic carbocycles.